The lowest BCUT2D eigenvalue weighted by atomic mass is 9.33. The maximum absolute atomic E-state index is 14.8. The van der Waals surface area contributed by atoms with E-state index in [1.54, 1.807) is 0 Å². The summed E-state index contributed by atoms with van der Waals surface area (Å²) in [5.41, 5.74) is -1.89. The second-order valence-electron chi connectivity index (χ2n) is 20.0. The molecule has 5 aliphatic carbocycles. The van der Waals surface area contributed by atoms with Gasteiger partial charge in [-0.2, -0.15) is 0 Å². The van der Waals surface area contributed by atoms with E-state index >= 15 is 0 Å². The number of ketones is 1. The molecule has 7 aliphatic rings. The van der Waals surface area contributed by atoms with Gasteiger partial charge in [0, 0.05) is 5.92 Å². The van der Waals surface area contributed by atoms with Crippen molar-refractivity contribution >= 4 is 23.7 Å². The molecular weight excluding hydrogens is 760 g/mol. The SMILES string of the molecule is CC1(C)[C@@H](O[C@H]2O[C@H](C(=O)O)[C](O)[C](O)[C@H]2O[C@@H]2O[C@H](C(=O)O)[C@@H](O)[C](O)[C]2O)CC[C@]2(C)[C@H]3C(=O)C=C4[C@@H]5C[C@@](C)(C(=O)O)CC[C@]5(C)CC[C@@]4(C)[C@]3(C)CC[C@@H]12. The van der Waals surface area contributed by atoms with Gasteiger partial charge < -0.3 is 59.8 Å². The number of carboxylic acid groups (broad SMARTS) is 3. The fourth-order valence-corrected chi connectivity index (χ4v) is 13.0. The van der Waals surface area contributed by atoms with Gasteiger partial charge in [0.15, 0.2) is 55.0 Å². The highest BCUT2D eigenvalue weighted by molar-refractivity contribution is 5.95. The van der Waals surface area contributed by atoms with E-state index in [1.165, 1.54) is 0 Å². The average Bonchev–Trinajstić information content (AvgIpc) is 3.13. The third kappa shape index (κ3) is 6.25. The summed E-state index contributed by atoms with van der Waals surface area (Å²) >= 11 is 0. The molecule has 0 aromatic heterocycles. The first-order valence-corrected chi connectivity index (χ1v) is 20.3. The minimum absolute atomic E-state index is 0.0282. The Kier molecular flexibility index (Phi) is 10.7. The first-order chi connectivity index (χ1) is 26.8. The minimum atomic E-state index is -2.16. The van der Waals surface area contributed by atoms with Crippen LogP contribution in [0, 0.1) is 74.7 Å². The van der Waals surface area contributed by atoms with Gasteiger partial charge >= 0.3 is 17.9 Å². The largest absolute Gasteiger partial charge is 0.481 e. The Labute approximate surface area is 337 Å². The average molecular weight is 819 g/mol. The van der Waals surface area contributed by atoms with Crippen LogP contribution in [-0.4, -0.2) is 108 Å². The Balaban J connectivity index is 1.17. The van der Waals surface area contributed by atoms with Crippen LogP contribution < -0.4 is 0 Å². The zero-order valence-electron chi connectivity index (χ0n) is 34.1. The minimum Gasteiger partial charge on any atom is -0.481 e. The van der Waals surface area contributed by atoms with Crippen LogP contribution in [-0.2, 0) is 38.1 Å². The smallest absolute Gasteiger partial charge is 0.336 e. The monoisotopic (exact) mass is 818 g/mol. The molecule has 2 saturated heterocycles. The second-order valence-corrected chi connectivity index (χ2v) is 20.0. The van der Waals surface area contributed by atoms with Crippen molar-refractivity contribution in [2.75, 3.05) is 0 Å². The highest BCUT2D eigenvalue weighted by atomic mass is 16.8. The van der Waals surface area contributed by atoms with Gasteiger partial charge in [0.05, 0.1) is 11.5 Å². The highest BCUT2D eigenvalue weighted by Crippen LogP contribution is 2.75. The third-order valence-electron chi connectivity index (χ3n) is 16.7. The number of aliphatic carboxylic acids is 3. The fraction of sp³-hybridized carbons (Fsp3) is 0.762. The van der Waals surface area contributed by atoms with Gasteiger partial charge in [-0.25, -0.2) is 9.59 Å². The normalized spacial score (nSPS) is 48.8. The summed E-state index contributed by atoms with van der Waals surface area (Å²) in [6.45, 7) is 14.8. The van der Waals surface area contributed by atoms with Crippen molar-refractivity contribution < 1.29 is 79.0 Å². The predicted octanol–water partition coefficient (Wildman–Crippen LogP) is 4.42. The van der Waals surface area contributed by atoms with Crippen molar-refractivity contribution in [1.29, 1.82) is 0 Å². The molecule has 0 aromatic carbocycles. The number of allylic oxidation sites excluding steroid dienone is 2. The third-order valence-corrected chi connectivity index (χ3v) is 16.7. The number of carbonyl (C=O) groups is 4. The topological polar surface area (TPSA) is 267 Å². The zero-order valence-corrected chi connectivity index (χ0v) is 34.1. The van der Waals surface area contributed by atoms with Crippen LogP contribution in [0.15, 0.2) is 11.6 Å². The van der Waals surface area contributed by atoms with E-state index in [0.29, 0.717) is 38.5 Å². The summed E-state index contributed by atoms with van der Waals surface area (Å²) in [5.74, 6) is -4.64. The Bertz CT molecular complexity index is 1730. The van der Waals surface area contributed by atoms with E-state index in [-0.39, 0.29) is 34.4 Å². The van der Waals surface area contributed by atoms with Crippen molar-refractivity contribution in [2.45, 2.75) is 149 Å². The number of fused-ring (bicyclic) bond motifs is 7. The van der Waals surface area contributed by atoms with Crippen molar-refractivity contribution in [3.8, 4) is 0 Å². The molecule has 0 bridgehead atoms. The lowest BCUT2D eigenvalue weighted by Gasteiger charge is -2.70. The van der Waals surface area contributed by atoms with Crippen molar-refractivity contribution in [3.05, 3.63) is 36.1 Å². The Morgan fingerprint density at radius 3 is 2.03 bits per heavy atom. The lowest BCUT2D eigenvalue weighted by Crippen LogP contribution is -2.67. The van der Waals surface area contributed by atoms with Gasteiger partial charge in [-0.1, -0.05) is 47.1 Å². The molecule has 16 nitrogen and oxygen atoms in total. The lowest BCUT2D eigenvalue weighted by molar-refractivity contribution is -0.331. The zero-order chi connectivity index (χ0) is 42.9. The van der Waals surface area contributed by atoms with Gasteiger partial charge in [0.25, 0.3) is 0 Å². The number of aliphatic hydroxyl groups excluding tert-OH is 5. The molecule has 15 atom stereocenters. The van der Waals surface area contributed by atoms with Crippen LogP contribution >= 0.6 is 0 Å². The molecule has 0 unspecified atom stereocenters. The number of rotatable bonds is 7. The Hall–Kier alpha value is -2.54. The number of ether oxygens (including phenoxy) is 4. The molecule has 0 aromatic rings. The molecule has 0 amide bonds. The van der Waals surface area contributed by atoms with Crippen LogP contribution in [0.3, 0.4) is 0 Å². The number of aliphatic hydroxyl groups is 5. The van der Waals surface area contributed by atoms with E-state index < -0.39 is 107 Å². The second kappa shape index (κ2) is 14.3. The van der Waals surface area contributed by atoms with Crippen molar-refractivity contribution in [2.24, 2.45) is 50.2 Å². The van der Waals surface area contributed by atoms with Crippen LogP contribution in [0.25, 0.3) is 0 Å². The first kappa shape index (κ1) is 43.5. The van der Waals surface area contributed by atoms with E-state index in [2.05, 4.69) is 27.7 Å². The van der Waals surface area contributed by atoms with Gasteiger partial charge in [-0.15, -0.1) is 0 Å². The molecule has 2 heterocycles. The molecule has 2 aliphatic heterocycles. The van der Waals surface area contributed by atoms with E-state index in [0.717, 1.165) is 24.8 Å². The molecule has 16 heteroatoms. The molecule has 6 fully saturated rings. The van der Waals surface area contributed by atoms with Gasteiger partial charge in [0.1, 0.15) is 12.2 Å². The summed E-state index contributed by atoms with van der Waals surface area (Å²) in [7, 11) is 0. The quantitative estimate of drug-likeness (QED) is 0.165. The molecule has 322 valence electrons. The summed E-state index contributed by atoms with van der Waals surface area (Å²) in [6, 6.07) is 0. The van der Waals surface area contributed by atoms with Crippen LogP contribution in [0.2, 0.25) is 0 Å². The molecule has 4 saturated carbocycles. The Morgan fingerprint density at radius 1 is 0.759 bits per heavy atom. The number of hydrogen-bond donors (Lipinski definition) is 8. The van der Waals surface area contributed by atoms with E-state index in [4.69, 9.17) is 18.9 Å². The summed E-state index contributed by atoms with van der Waals surface area (Å²) < 4.78 is 23.1. The van der Waals surface area contributed by atoms with Crippen LogP contribution in [0.1, 0.15) is 106 Å². The number of carbonyl (C=O) groups excluding carboxylic acids is 1. The molecule has 58 heavy (non-hydrogen) atoms. The predicted molar refractivity (Wildman–Crippen MR) is 196 cm³/mol. The van der Waals surface area contributed by atoms with Crippen molar-refractivity contribution in [3.63, 3.8) is 0 Å². The summed E-state index contributed by atoms with van der Waals surface area (Å²) in [6.07, 6.45) is -9.50. The summed E-state index contributed by atoms with van der Waals surface area (Å²) in [5, 5.41) is 82.3. The van der Waals surface area contributed by atoms with Crippen molar-refractivity contribution in [1.82, 2.24) is 0 Å². The van der Waals surface area contributed by atoms with Gasteiger partial charge in [-0.05, 0) is 110 Å². The molecule has 4 radical (unpaired) electrons. The molecule has 8 N–H and O–H groups in total. The van der Waals surface area contributed by atoms with E-state index in [9.17, 15) is 60.0 Å². The number of carboxylic acids is 3. The maximum atomic E-state index is 14.8. The van der Waals surface area contributed by atoms with Crippen LogP contribution in [0.5, 0.6) is 0 Å². The van der Waals surface area contributed by atoms with Crippen LogP contribution in [0.4, 0.5) is 0 Å². The summed E-state index contributed by atoms with van der Waals surface area (Å²) in [4.78, 5) is 51.2. The van der Waals surface area contributed by atoms with Gasteiger partial charge in [0.2, 0.25) is 0 Å². The van der Waals surface area contributed by atoms with Gasteiger partial charge in [-0.3, -0.25) is 9.59 Å². The fourth-order valence-electron chi connectivity index (χ4n) is 13.0. The standard InChI is InChI=1S/C42H58O16/c1-37(2)21-8-11-42(7)31(20(43)16-18-19-17-39(4,36(53)54)13-12-38(19,3)14-15-41(18,42)6)40(21,5)10-9-22(37)55-35-30(26(47)25(46)29(57-35)33(51)52)58-34-27(48)23(44)24(45)28(56-34)32(49)50/h16,19,21-22,24,28-31,34-35,44-48H,8-15,17H2,1-7H3,(H,49,50)(H,51,52)(H,53,54)/t19-,21-,22-,24-,28-,29-,30+,31+,34-,35-,38+,39-,40-,41+,42+/m0/s1. The molecule has 0 spiro atoms. The maximum Gasteiger partial charge on any atom is 0.336 e. The van der Waals surface area contributed by atoms with E-state index in [1.807, 2.05) is 26.8 Å². The first-order valence-electron chi connectivity index (χ1n) is 20.3. The highest BCUT2D eigenvalue weighted by Gasteiger charge is 2.71. The number of hydrogen-bond acceptors (Lipinski definition) is 13. The molecule has 7 rings (SSSR count). The molecular formula is C42H58O16. The Morgan fingerprint density at radius 2 is 1.41 bits per heavy atom.